The zero-order chi connectivity index (χ0) is 21.6. The van der Waals surface area contributed by atoms with Crippen molar-refractivity contribution in [2.75, 3.05) is 6.61 Å². The molecule has 156 valence electrons. The maximum atomic E-state index is 12.8. The Morgan fingerprint density at radius 2 is 1.58 bits per heavy atom. The Balaban J connectivity index is 1.62. The molecule has 3 aromatic carbocycles. The molecule has 0 aliphatic heterocycles. The van der Waals surface area contributed by atoms with Gasteiger partial charge in [0.2, 0.25) is 5.88 Å². The van der Waals surface area contributed by atoms with Crippen LogP contribution in [-0.4, -0.2) is 22.4 Å². The largest absolute Gasteiger partial charge is 0.492 e. The van der Waals surface area contributed by atoms with Gasteiger partial charge in [0, 0.05) is 5.02 Å². The number of carbonyl (C=O) groups excluding carboxylic acids is 1. The van der Waals surface area contributed by atoms with E-state index < -0.39 is 5.97 Å². The van der Waals surface area contributed by atoms with E-state index in [2.05, 4.69) is 5.10 Å². The molecule has 0 radical (unpaired) electrons. The fraction of sp³-hybridized carbons (Fsp3) is 0.120. The Morgan fingerprint density at radius 3 is 2.26 bits per heavy atom. The summed E-state index contributed by atoms with van der Waals surface area (Å²) >= 11 is 5.94. The van der Waals surface area contributed by atoms with E-state index in [1.807, 2.05) is 67.6 Å². The Hall–Kier alpha value is -3.57. The second-order valence-electron chi connectivity index (χ2n) is 6.91. The number of benzene rings is 3. The number of esters is 1. The molecule has 0 atom stereocenters. The van der Waals surface area contributed by atoms with Gasteiger partial charge in [-0.3, -0.25) is 0 Å². The summed E-state index contributed by atoms with van der Waals surface area (Å²) in [5.41, 5.74) is 2.89. The van der Waals surface area contributed by atoms with Gasteiger partial charge < -0.3 is 9.47 Å². The first-order chi connectivity index (χ1) is 15.1. The van der Waals surface area contributed by atoms with Crippen LogP contribution in [0.1, 0.15) is 16.1 Å². The van der Waals surface area contributed by atoms with Gasteiger partial charge in [0.05, 0.1) is 23.4 Å². The Kier molecular flexibility index (Phi) is 6.34. The number of aryl methyl sites for hydroxylation is 1. The molecule has 4 aromatic rings. The van der Waals surface area contributed by atoms with Crippen molar-refractivity contribution in [3.05, 3.63) is 101 Å². The van der Waals surface area contributed by atoms with E-state index in [1.165, 1.54) is 0 Å². The Bertz CT molecular complexity index is 1160. The quantitative estimate of drug-likeness (QED) is 0.346. The van der Waals surface area contributed by atoms with Crippen LogP contribution in [0.5, 0.6) is 11.6 Å². The Morgan fingerprint density at radius 1 is 0.935 bits per heavy atom. The van der Waals surface area contributed by atoms with Gasteiger partial charge in [0.15, 0.2) is 0 Å². The number of aromatic nitrogens is 2. The summed E-state index contributed by atoms with van der Waals surface area (Å²) in [4.78, 5) is 12.8. The summed E-state index contributed by atoms with van der Waals surface area (Å²) < 4.78 is 13.3. The molecule has 0 saturated carbocycles. The normalized spacial score (nSPS) is 10.6. The van der Waals surface area contributed by atoms with Gasteiger partial charge in [-0.25, -0.2) is 9.48 Å². The molecule has 0 unspecified atom stereocenters. The molecular formula is C25H21ClN2O3. The van der Waals surface area contributed by atoms with Gasteiger partial charge in [-0.1, -0.05) is 60.1 Å². The van der Waals surface area contributed by atoms with Crippen LogP contribution in [0.4, 0.5) is 0 Å². The van der Waals surface area contributed by atoms with Crippen molar-refractivity contribution in [2.45, 2.75) is 13.5 Å². The average Bonchev–Trinajstić information content (AvgIpc) is 3.10. The van der Waals surface area contributed by atoms with Gasteiger partial charge >= 0.3 is 5.97 Å². The van der Waals surface area contributed by atoms with Crippen molar-refractivity contribution < 1.29 is 14.3 Å². The predicted molar refractivity (Wildman–Crippen MR) is 121 cm³/mol. The van der Waals surface area contributed by atoms with Crippen LogP contribution in [-0.2, 0) is 6.54 Å². The molecule has 0 aliphatic rings. The second kappa shape index (κ2) is 9.49. The highest BCUT2D eigenvalue weighted by Gasteiger charge is 2.22. The smallest absolute Gasteiger partial charge is 0.344 e. The van der Waals surface area contributed by atoms with Crippen molar-refractivity contribution in [1.29, 1.82) is 0 Å². The minimum Gasteiger partial charge on any atom is -0.492 e. The lowest BCUT2D eigenvalue weighted by atomic mass is 10.1. The van der Waals surface area contributed by atoms with Gasteiger partial charge in [0.25, 0.3) is 0 Å². The molecule has 0 aliphatic carbocycles. The third-order valence-corrected chi connectivity index (χ3v) is 4.98. The van der Waals surface area contributed by atoms with Crippen LogP contribution in [0.15, 0.2) is 84.9 Å². The van der Waals surface area contributed by atoms with Crippen molar-refractivity contribution in [3.63, 3.8) is 0 Å². The number of rotatable bonds is 7. The molecule has 0 bridgehead atoms. The third-order valence-electron chi connectivity index (χ3n) is 4.73. The van der Waals surface area contributed by atoms with Crippen molar-refractivity contribution >= 4 is 17.6 Å². The maximum absolute atomic E-state index is 12.8. The highest BCUT2D eigenvalue weighted by Crippen LogP contribution is 2.34. The van der Waals surface area contributed by atoms with Crippen molar-refractivity contribution in [1.82, 2.24) is 9.78 Å². The number of para-hydroxylation sites is 1. The van der Waals surface area contributed by atoms with Crippen LogP contribution in [0.25, 0.3) is 11.1 Å². The lowest BCUT2D eigenvalue weighted by molar-refractivity contribution is 0.0717. The Labute approximate surface area is 185 Å². The molecule has 0 N–H and O–H groups in total. The number of hydrogen-bond acceptors (Lipinski definition) is 4. The molecule has 31 heavy (non-hydrogen) atoms. The number of hydrogen-bond donors (Lipinski definition) is 0. The zero-order valence-electron chi connectivity index (χ0n) is 17.0. The number of carbonyl (C=O) groups is 1. The molecule has 0 saturated heterocycles. The summed E-state index contributed by atoms with van der Waals surface area (Å²) in [5, 5.41) is 5.17. The van der Waals surface area contributed by atoms with Crippen LogP contribution in [0, 0.1) is 6.92 Å². The van der Waals surface area contributed by atoms with E-state index >= 15 is 0 Å². The van der Waals surface area contributed by atoms with Crippen molar-refractivity contribution in [2.24, 2.45) is 0 Å². The van der Waals surface area contributed by atoms with Crippen LogP contribution < -0.4 is 9.47 Å². The molecular weight excluding hydrogens is 412 g/mol. The minimum atomic E-state index is -0.473. The summed E-state index contributed by atoms with van der Waals surface area (Å²) in [6.07, 6.45) is 0. The molecule has 5 nitrogen and oxygen atoms in total. The van der Waals surface area contributed by atoms with Gasteiger partial charge in [0.1, 0.15) is 12.4 Å². The molecule has 0 spiro atoms. The van der Waals surface area contributed by atoms with Crippen LogP contribution in [0.3, 0.4) is 0 Å². The molecule has 0 fully saturated rings. The highest BCUT2D eigenvalue weighted by molar-refractivity contribution is 6.30. The molecule has 1 heterocycles. The summed E-state index contributed by atoms with van der Waals surface area (Å²) in [5.74, 6) is 0.689. The van der Waals surface area contributed by atoms with Gasteiger partial charge in [-0.2, -0.15) is 5.10 Å². The van der Waals surface area contributed by atoms with E-state index in [0.717, 1.165) is 22.6 Å². The fourth-order valence-electron chi connectivity index (χ4n) is 3.25. The average molecular weight is 433 g/mol. The summed E-state index contributed by atoms with van der Waals surface area (Å²) in [6, 6.07) is 25.9. The van der Waals surface area contributed by atoms with E-state index in [9.17, 15) is 4.79 Å². The topological polar surface area (TPSA) is 53.4 Å². The van der Waals surface area contributed by atoms with Crippen molar-refractivity contribution in [3.8, 4) is 22.8 Å². The number of halogens is 1. The van der Waals surface area contributed by atoms with E-state index in [4.69, 9.17) is 21.1 Å². The molecule has 6 heteroatoms. The number of nitrogens with zero attached hydrogens (tertiary/aromatic N) is 2. The van der Waals surface area contributed by atoms with Gasteiger partial charge in [-0.05, 0) is 48.9 Å². The number of ether oxygens (including phenoxy) is 2. The third kappa shape index (κ3) is 4.95. The monoisotopic (exact) mass is 432 g/mol. The SMILES string of the molecule is Cc1nn(CCOc2ccccc2)c(OC(=O)c2ccc(Cl)cc2)c1-c1ccccc1. The lowest BCUT2D eigenvalue weighted by Crippen LogP contribution is -2.15. The lowest BCUT2D eigenvalue weighted by Gasteiger charge is -2.11. The standard InChI is InChI=1S/C25H21ClN2O3/c1-18-23(19-8-4-2-5-9-19)24(31-25(29)20-12-14-21(26)15-13-20)28(27-18)16-17-30-22-10-6-3-7-11-22/h2-15H,16-17H2,1H3. The van der Waals surface area contributed by atoms with Crippen LogP contribution >= 0.6 is 11.6 Å². The summed E-state index contributed by atoms with van der Waals surface area (Å²) in [7, 11) is 0. The zero-order valence-corrected chi connectivity index (χ0v) is 17.8. The first-order valence-electron chi connectivity index (χ1n) is 9.90. The van der Waals surface area contributed by atoms with Gasteiger partial charge in [-0.15, -0.1) is 0 Å². The second-order valence-corrected chi connectivity index (χ2v) is 7.35. The highest BCUT2D eigenvalue weighted by atomic mass is 35.5. The van der Waals surface area contributed by atoms with Crippen LogP contribution in [0.2, 0.25) is 5.02 Å². The van der Waals surface area contributed by atoms with E-state index in [1.54, 1.807) is 28.9 Å². The van der Waals surface area contributed by atoms with E-state index in [0.29, 0.717) is 29.6 Å². The molecule has 4 rings (SSSR count). The molecule has 1 aromatic heterocycles. The predicted octanol–water partition coefficient (Wildman–Crippen LogP) is 5.81. The first-order valence-corrected chi connectivity index (χ1v) is 10.3. The fourth-order valence-corrected chi connectivity index (χ4v) is 3.38. The summed E-state index contributed by atoms with van der Waals surface area (Å²) in [6.45, 7) is 2.70. The minimum absolute atomic E-state index is 0.380. The first kappa shape index (κ1) is 20.7. The molecule has 0 amide bonds. The maximum Gasteiger partial charge on any atom is 0.344 e. The van der Waals surface area contributed by atoms with E-state index in [-0.39, 0.29) is 0 Å².